The topological polar surface area (TPSA) is 105 Å². The number of aryl methyl sites for hydroxylation is 1. The summed E-state index contributed by atoms with van der Waals surface area (Å²) in [5.74, 6) is -0.184. The maximum atomic E-state index is 14.1. The number of ether oxygens (including phenoxy) is 2. The van der Waals surface area contributed by atoms with Gasteiger partial charge < -0.3 is 19.7 Å². The second-order valence-electron chi connectivity index (χ2n) is 9.90. The van der Waals surface area contributed by atoms with Gasteiger partial charge in [0.2, 0.25) is 11.8 Å². The third-order valence-electron chi connectivity index (χ3n) is 6.68. The summed E-state index contributed by atoms with van der Waals surface area (Å²) in [6.07, 6.45) is 0.351. The minimum Gasteiger partial charge on any atom is -0.493 e. The van der Waals surface area contributed by atoms with E-state index in [9.17, 15) is 18.0 Å². The lowest BCUT2D eigenvalue weighted by Gasteiger charge is -2.34. The Balaban J connectivity index is 2.09. The van der Waals surface area contributed by atoms with Gasteiger partial charge in [0.05, 0.1) is 24.8 Å². The average Bonchev–Trinajstić information content (AvgIpc) is 2.96. The first kappa shape index (κ1) is 31.5. The van der Waals surface area contributed by atoms with Gasteiger partial charge in [-0.2, -0.15) is 0 Å². The Labute approximate surface area is 243 Å². The first-order valence-electron chi connectivity index (χ1n) is 13.5. The number of carbonyl (C=O) groups excluding carboxylic acids is 2. The molecule has 3 rings (SSSR count). The van der Waals surface area contributed by atoms with Crippen molar-refractivity contribution in [3.05, 3.63) is 83.9 Å². The second kappa shape index (κ2) is 14.0. The predicted octanol–water partition coefficient (Wildman–Crippen LogP) is 4.54. The Morgan fingerprint density at radius 2 is 1.54 bits per heavy atom. The Morgan fingerprint density at radius 3 is 2.12 bits per heavy atom. The van der Waals surface area contributed by atoms with Crippen molar-refractivity contribution < 1.29 is 27.5 Å². The van der Waals surface area contributed by atoms with Gasteiger partial charge in [0, 0.05) is 18.7 Å². The molecule has 0 aliphatic heterocycles. The lowest BCUT2D eigenvalue weighted by atomic mass is 10.1. The lowest BCUT2D eigenvalue weighted by molar-refractivity contribution is -0.140. The van der Waals surface area contributed by atoms with E-state index in [4.69, 9.17) is 9.47 Å². The van der Waals surface area contributed by atoms with Crippen LogP contribution in [-0.4, -0.2) is 58.0 Å². The van der Waals surface area contributed by atoms with Crippen LogP contribution in [0.4, 0.5) is 5.69 Å². The standard InChI is InChI=1S/C31H39N3O6S/c1-7-27(31(36)32-22(2)3)33(20-24-14-12-11-13-23(24)4)30(35)21-34(25-15-9-8-10-16-25)41(37,38)26-17-18-28(39-5)29(19-26)40-6/h8-19,22,27H,7,20-21H2,1-6H3,(H,32,36). The predicted molar refractivity (Wildman–Crippen MR) is 160 cm³/mol. The van der Waals surface area contributed by atoms with Crippen LogP contribution < -0.4 is 19.1 Å². The summed E-state index contributed by atoms with van der Waals surface area (Å²) in [6.45, 7) is 7.10. The zero-order chi connectivity index (χ0) is 30.2. The Bertz CT molecular complexity index is 1440. The van der Waals surface area contributed by atoms with Crippen molar-refractivity contribution in [3.8, 4) is 11.5 Å². The summed E-state index contributed by atoms with van der Waals surface area (Å²) in [7, 11) is -1.36. The molecule has 3 aromatic carbocycles. The average molecular weight is 582 g/mol. The van der Waals surface area contributed by atoms with Gasteiger partial charge in [-0.3, -0.25) is 13.9 Å². The number of methoxy groups -OCH3 is 2. The van der Waals surface area contributed by atoms with Crippen molar-refractivity contribution >= 4 is 27.5 Å². The third kappa shape index (κ3) is 7.58. The molecule has 3 aromatic rings. The van der Waals surface area contributed by atoms with Crippen LogP contribution in [0.15, 0.2) is 77.7 Å². The minimum absolute atomic E-state index is 0.0677. The van der Waals surface area contributed by atoms with E-state index < -0.39 is 28.5 Å². The normalized spacial score (nSPS) is 12.0. The highest BCUT2D eigenvalue weighted by molar-refractivity contribution is 7.92. The fourth-order valence-electron chi connectivity index (χ4n) is 4.50. The molecule has 0 heterocycles. The fraction of sp³-hybridized carbons (Fsp3) is 0.355. The molecule has 0 saturated heterocycles. The molecule has 1 atom stereocenters. The van der Waals surface area contributed by atoms with Gasteiger partial charge in [0.1, 0.15) is 12.6 Å². The molecule has 0 aliphatic carbocycles. The maximum Gasteiger partial charge on any atom is 0.264 e. The van der Waals surface area contributed by atoms with E-state index in [1.807, 2.05) is 52.0 Å². The number of para-hydroxylation sites is 1. The third-order valence-corrected chi connectivity index (χ3v) is 8.45. The SMILES string of the molecule is CCC(C(=O)NC(C)C)N(Cc1ccccc1C)C(=O)CN(c1ccccc1)S(=O)(=O)c1ccc(OC)c(OC)c1. The molecule has 1 N–H and O–H groups in total. The number of anilines is 1. The van der Waals surface area contributed by atoms with Crippen LogP contribution in [0.2, 0.25) is 0 Å². The molecule has 220 valence electrons. The van der Waals surface area contributed by atoms with Gasteiger partial charge >= 0.3 is 0 Å². The van der Waals surface area contributed by atoms with E-state index in [0.29, 0.717) is 17.9 Å². The number of benzene rings is 3. The van der Waals surface area contributed by atoms with E-state index >= 15 is 0 Å². The quantitative estimate of drug-likeness (QED) is 0.318. The van der Waals surface area contributed by atoms with Gasteiger partial charge in [0.25, 0.3) is 10.0 Å². The number of nitrogens with zero attached hydrogens (tertiary/aromatic N) is 2. The molecule has 0 aromatic heterocycles. The fourth-order valence-corrected chi connectivity index (χ4v) is 5.93. The zero-order valence-corrected chi connectivity index (χ0v) is 25.3. The molecule has 2 amide bonds. The summed E-state index contributed by atoms with van der Waals surface area (Å²) in [5, 5.41) is 2.90. The molecule has 9 nitrogen and oxygen atoms in total. The van der Waals surface area contributed by atoms with Crippen LogP contribution in [0.1, 0.15) is 38.3 Å². The van der Waals surface area contributed by atoms with Crippen LogP contribution in [0.5, 0.6) is 11.5 Å². The molecule has 0 spiro atoms. The lowest BCUT2D eigenvalue weighted by Crippen LogP contribution is -2.53. The zero-order valence-electron chi connectivity index (χ0n) is 24.5. The molecule has 0 bridgehead atoms. The van der Waals surface area contributed by atoms with Crippen molar-refractivity contribution in [2.75, 3.05) is 25.1 Å². The first-order valence-corrected chi connectivity index (χ1v) is 14.9. The van der Waals surface area contributed by atoms with Crippen molar-refractivity contribution in [3.63, 3.8) is 0 Å². The largest absolute Gasteiger partial charge is 0.493 e. The summed E-state index contributed by atoms with van der Waals surface area (Å²) in [6, 6.07) is 19.4. The second-order valence-corrected chi connectivity index (χ2v) is 11.8. The van der Waals surface area contributed by atoms with Crippen LogP contribution >= 0.6 is 0 Å². The van der Waals surface area contributed by atoms with E-state index in [1.54, 1.807) is 30.3 Å². The number of amides is 2. The Morgan fingerprint density at radius 1 is 0.902 bits per heavy atom. The minimum atomic E-state index is -4.24. The van der Waals surface area contributed by atoms with Crippen molar-refractivity contribution in [2.45, 2.75) is 57.6 Å². The molecule has 41 heavy (non-hydrogen) atoms. The summed E-state index contributed by atoms with van der Waals surface area (Å²) >= 11 is 0. The first-order chi connectivity index (χ1) is 19.5. The van der Waals surface area contributed by atoms with Gasteiger partial charge in [0.15, 0.2) is 11.5 Å². The summed E-state index contributed by atoms with van der Waals surface area (Å²) in [5.41, 5.74) is 2.14. The van der Waals surface area contributed by atoms with Crippen LogP contribution in [-0.2, 0) is 26.2 Å². The number of hydrogen-bond acceptors (Lipinski definition) is 6. The van der Waals surface area contributed by atoms with Gasteiger partial charge in [-0.1, -0.05) is 49.4 Å². The van der Waals surface area contributed by atoms with Crippen molar-refractivity contribution in [1.82, 2.24) is 10.2 Å². The van der Waals surface area contributed by atoms with Crippen molar-refractivity contribution in [1.29, 1.82) is 0 Å². The highest BCUT2D eigenvalue weighted by Gasteiger charge is 2.34. The maximum absolute atomic E-state index is 14.1. The number of nitrogens with one attached hydrogen (secondary N) is 1. The highest BCUT2D eigenvalue weighted by atomic mass is 32.2. The molecular weight excluding hydrogens is 542 g/mol. The number of sulfonamides is 1. The van der Waals surface area contributed by atoms with E-state index in [2.05, 4.69) is 5.32 Å². The van der Waals surface area contributed by atoms with Crippen LogP contribution in [0.25, 0.3) is 0 Å². The van der Waals surface area contributed by atoms with E-state index in [0.717, 1.165) is 15.4 Å². The Hall–Kier alpha value is -4.05. The highest BCUT2D eigenvalue weighted by Crippen LogP contribution is 2.32. The molecule has 0 saturated carbocycles. The molecule has 1 unspecified atom stereocenters. The summed E-state index contributed by atoms with van der Waals surface area (Å²) < 4.78 is 39.8. The summed E-state index contributed by atoms with van der Waals surface area (Å²) in [4.78, 5) is 28.8. The Kier molecular flexibility index (Phi) is 10.8. The molecule has 0 radical (unpaired) electrons. The van der Waals surface area contributed by atoms with Crippen molar-refractivity contribution in [2.24, 2.45) is 0 Å². The number of carbonyl (C=O) groups is 2. The molecule has 0 aliphatic rings. The molecule has 10 heteroatoms. The van der Waals surface area contributed by atoms with Gasteiger partial charge in [-0.05, 0) is 62.6 Å². The van der Waals surface area contributed by atoms with E-state index in [1.165, 1.54) is 37.3 Å². The van der Waals surface area contributed by atoms with Crippen LogP contribution in [0.3, 0.4) is 0 Å². The van der Waals surface area contributed by atoms with E-state index in [-0.39, 0.29) is 29.1 Å². The van der Waals surface area contributed by atoms with Gasteiger partial charge in [-0.25, -0.2) is 8.42 Å². The molecule has 0 fully saturated rings. The number of hydrogen-bond donors (Lipinski definition) is 1. The number of rotatable bonds is 13. The van der Waals surface area contributed by atoms with Crippen LogP contribution in [0, 0.1) is 6.92 Å². The monoisotopic (exact) mass is 581 g/mol. The van der Waals surface area contributed by atoms with Gasteiger partial charge in [-0.15, -0.1) is 0 Å². The smallest absolute Gasteiger partial charge is 0.264 e. The molecular formula is C31H39N3O6S.